The van der Waals surface area contributed by atoms with Gasteiger partial charge in [0.2, 0.25) is 0 Å². The fourth-order valence-corrected chi connectivity index (χ4v) is 2.19. The smallest absolute Gasteiger partial charge is 0.588 e. The molecule has 0 fully saturated rings. The summed E-state index contributed by atoms with van der Waals surface area (Å²) in [6, 6.07) is 5.34. The van der Waals surface area contributed by atoms with E-state index in [4.69, 9.17) is 4.55 Å². The van der Waals surface area contributed by atoms with E-state index in [0.717, 1.165) is 12.1 Å². The Kier molecular flexibility index (Phi) is 4.46. The van der Waals surface area contributed by atoms with E-state index in [2.05, 4.69) is 5.32 Å². The van der Waals surface area contributed by atoms with Gasteiger partial charge in [0, 0.05) is 11.1 Å². The van der Waals surface area contributed by atoms with Gasteiger partial charge in [0.15, 0.2) is 0 Å². The first-order valence-corrected chi connectivity index (χ1v) is 5.92. The number of amides is 2. The summed E-state index contributed by atoms with van der Waals surface area (Å²) in [5.74, 6) is -1.55. The third-order valence-corrected chi connectivity index (χ3v) is 3.08. The molecule has 18 heavy (non-hydrogen) atoms. The van der Waals surface area contributed by atoms with Gasteiger partial charge in [-0.3, -0.25) is 4.55 Å². The zero-order chi connectivity index (χ0) is 12.6. The van der Waals surface area contributed by atoms with Crippen LogP contribution in [0.15, 0.2) is 35.2 Å². The molecular weight excluding hydrogens is 269 g/mol. The van der Waals surface area contributed by atoms with Gasteiger partial charge in [0.1, 0.15) is 4.90 Å². The van der Waals surface area contributed by atoms with Gasteiger partial charge in [0.05, 0.1) is 11.8 Å². The maximum absolute atomic E-state index is 11.3. The fraction of sp³-hybridized carbons (Fsp3) is 0. The topological polar surface area (TPSA) is 103 Å². The Morgan fingerprint density at radius 1 is 1.11 bits per heavy atom. The van der Waals surface area contributed by atoms with Crippen molar-refractivity contribution < 1.29 is 52.1 Å². The van der Waals surface area contributed by atoms with Crippen molar-refractivity contribution in [2.24, 2.45) is 0 Å². The Hall–Kier alpha value is -0.990. The minimum atomic E-state index is -4.46. The van der Waals surface area contributed by atoms with Crippen molar-refractivity contribution in [3.63, 3.8) is 0 Å². The van der Waals surface area contributed by atoms with Gasteiger partial charge in [-0.05, 0) is 12.1 Å². The van der Waals surface area contributed by atoms with Gasteiger partial charge in [-0.15, -0.1) is 0 Å². The quantitative estimate of drug-likeness (QED) is 0.373. The molecule has 2 amide bonds. The summed E-state index contributed by atoms with van der Waals surface area (Å²) in [6.07, 6.45) is 0.937. The van der Waals surface area contributed by atoms with Crippen molar-refractivity contribution in [2.75, 3.05) is 0 Å². The van der Waals surface area contributed by atoms with Crippen molar-refractivity contribution in [2.45, 2.75) is 4.90 Å². The molecule has 0 spiro atoms. The summed E-state index contributed by atoms with van der Waals surface area (Å²) in [6.45, 7) is 0. The second-order valence-electron chi connectivity index (χ2n) is 3.28. The molecule has 0 aromatic heterocycles. The van der Waals surface area contributed by atoms with E-state index in [0.29, 0.717) is 0 Å². The first-order chi connectivity index (χ1) is 7.89. The third-order valence-electron chi connectivity index (χ3n) is 2.17. The molecule has 1 N–H and O–H groups in total. The van der Waals surface area contributed by atoms with Crippen molar-refractivity contribution >= 4 is 27.5 Å². The average Bonchev–Trinajstić information content (AvgIpc) is 2.56. The Morgan fingerprint density at radius 3 is 2.22 bits per heavy atom. The fourth-order valence-electron chi connectivity index (χ4n) is 1.48. The molecule has 1 aliphatic rings. The van der Waals surface area contributed by atoms with Gasteiger partial charge >= 0.3 is 29.6 Å². The molecular formula is C10H6NNaO5S. The molecule has 0 atom stereocenters. The van der Waals surface area contributed by atoms with E-state index in [9.17, 15) is 18.0 Å². The normalized spacial score (nSPS) is 14.8. The maximum Gasteiger partial charge on any atom is 1.00 e. The van der Waals surface area contributed by atoms with Crippen LogP contribution in [0.25, 0.3) is 10.9 Å². The van der Waals surface area contributed by atoms with Crippen LogP contribution in [-0.2, 0) is 19.7 Å². The van der Waals surface area contributed by atoms with Gasteiger partial charge in [0.25, 0.3) is 10.1 Å². The van der Waals surface area contributed by atoms with Gasteiger partial charge in [-0.2, -0.15) is 8.42 Å². The van der Waals surface area contributed by atoms with Crippen molar-refractivity contribution in [1.82, 2.24) is 0 Å². The van der Waals surface area contributed by atoms with E-state index < -0.39 is 26.8 Å². The second kappa shape index (κ2) is 5.33. The molecule has 6 nitrogen and oxygen atoms in total. The molecule has 0 aliphatic carbocycles. The van der Waals surface area contributed by atoms with E-state index >= 15 is 0 Å². The summed E-state index contributed by atoms with van der Waals surface area (Å²) < 4.78 is 31.2. The van der Waals surface area contributed by atoms with Gasteiger partial charge in [-0.1, -0.05) is 18.2 Å². The number of hydrogen-bond acceptors (Lipinski definition) is 4. The molecule has 0 radical (unpaired) electrons. The van der Waals surface area contributed by atoms with E-state index in [1.807, 2.05) is 0 Å². The Morgan fingerprint density at radius 2 is 1.72 bits per heavy atom. The molecule has 88 valence electrons. The Balaban J connectivity index is 0.00000162. The monoisotopic (exact) mass is 275 g/mol. The van der Waals surface area contributed by atoms with Crippen LogP contribution in [0.1, 0.15) is 5.56 Å². The molecule has 0 saturated heterocycles. The first kappa shape index (κ1) is 15.1. The van der Waals surface area contributed by atoms with Crippen LogP contribution in [0.5, 0.6) is 0 Å². The molecule has 1 aromatic carbocycles. The van der Waals surface area contributed by atoms with Crippen LogP contribution in [0.2, 0.25) is 0 Å². The predicted molar refractivity (Wildman–Crippen MR) is 57.6 cm³/mol. The minimum Gasteiger partial charge on any atom is -0.588 e. The predicted octanol–water partition coefficient (Wildman–Crippen LogP) is -2.24. The average molecular weight is 275 g/mol. The van der Waals surface area contributed by atoms with E-state index in [-0.39, 0.29) is 40.7 Å². The summed E-state index contributed by atoms with van der Waals surface area (Å²) in [4.78, 5) is 21.8. The van der Waals surface area contributed by atoms with Crippen LogP contribution in [-0.4, -0.2) is 24.8 Å². The largest absolute Gasteiger partial charge is 1.00 e. The Labute approximate surface area is 125 Å². The van der Waals surface area contributed by atoms with Crippen LogP contribution in [0.3, 0.4) is 0 Å². The van der Waals surface area contributed by atoms with Gasteiger partial charge in [-0.25, -0.2) is 0 Å². The van der Waals surface area contributed by atoms with Crippen LogP contribution in [0.4, 0.5) is 0 Å². The number of carbonyl (C=O) groups excluding carboxylic acids is 2. The summed E-state index contributed by atoms with van der Waals surface area (Å²) in [5, 5.41) is 3.12. The summed E-state index contributed by atoms with van der Waals surface area (Å²) in [7, 11) is -4.46. The number of benzene rings is 1. The summed E-state index contributed by atoms with van der Waals surface area (Å²) in [5.41, 5.74) is -0.169. The van der Waals surface area contributed by atoms with Crippen LogP contribution < -0.4 is 29.6 Å². The van der Waals surface area contributed by atoms with E-state index in [1.54, 1.807) is 0 Å². The zero-order valence-corrected chi connectivity index (χ0v) is 12.1. The number of rotatable bonds is 2. The van der Waals surface area contributed by atoms with Crippen LogP contribution in [0, 0.1) is 0 Å². The molecule has 0 saturated carbocycles. The zero-order valence-electron chi connectivity index (χ0n) is 9.32. The third kappa shape index (κ3) is 2.88. The molecule has 0 bridgehead atoms. The van der Waals surface area contributed by atoms with Gasteiger partial charge < -0.3 is 14.9 Å². The molecule has 8 heteroatoms. The molecule has 0 unspecified atom stereocenters. The van der Waals surface area contributed by atoms with Crippen molar-refractivity contribution in [1.29, 1.82) is 0 Å². The number of carbonyl (C=O) groups is 2. The minimum absolute atomic E-state index is 0. The SMILES string of the molecule is O=C1C=C(c2ccccc2S(=O)(=O)O)C(=O)[N-]1.[Na+]. The molecule has 2 rings (SSSR count). The molecule has 1 aromatic rings. The van der Waals surface area contributed by atoms with E-state index in [1.165, 1.54) is 18.2 Å². The molecule has 1 aliphatic heterocycles. The summed E-state index contributed by atoms with van der Waals surface area (Å²) >= 11 is 0. The van der Waals surface area contributed by atoms with Crippen molar-refractivity contribution in [3.05, 3.63) is 41.2 Å². The Bertz CT molecular complexity index is 650. The first-order valence-electron chi connectivity index (χ1n) is 4.48. The van der Waals surface area contributed by atoms with Crippen LogP contribution >= 0.6 is 0 Å². The van der Waals surface area contributed by atoms with Crippen molar-refractivity contribution in [3.8, 4) is 0 Å². The number of imide groups is 1. The molecule has 1 heterocycles. The standard InChI is InChI=1S/C10H7NO5S.Na/c12-9-5-7(10(13)11-9)6-3-1-2-4-8(6)17(14,15)16;/h1-5H,(H2,11,12,13,14,15,16);/q;+1/p-1. The second-order valence-corrected chi connectivity index (χ2v) is 4.67. The maximum atomic E-state index is 11.3. The number of hydrogen-bond donors (Lipinski definition) is 1. The number of nitrogens with zero attached hydrogens (tertiary/aromatic N) is 1.